The Morgan fingerprint density at radius 2 is 1.75 bits per heavy atom. The van der Waals surface area contributed by atoms with Gasteiger partial charge in [0.15, 0.2) is 0 Å². The van der Waals surface area contributed by atoms with E-state index in [9.17, 15) is 8.42 Å². The van der Waals surface area contributed by atoms with Crippen LogP contribution >= 0.6 is 0 Å². The van der Waals surface area contributed by atoms with E-state index in [2.05, 4.69) is 6.58 Å². The molecule has 0 N–H and O–H groups in total. The Balaban J connectivity index is 1.89. The maximum Gasteiger partial charge on any atom is 0.243 e. The van der Waals surface area contributed by atoms with Gasteiger partial charge >= 0.3 is 0 Å². The highest BCUT2D eigenvalue weighted by Crippen LogP contribution is 2.30. The van der Waals surface area contributed by atoms with Crippen molar-refractivity contribution in [1.29, 1.82) is 0 Å². The number of hydrogen-bond acceptors (Lipinski definition) is 3. The highest BCUT2D eigenvalue weighted by atomic mass is 32.2. The van der Waals surface area contributed by atoms with Crippen LogP contribution in [0.1, 0.15) is 18.1 Å². The number of sulfonamides is 1. The molecule has 3 rings (SSSR count). The second-order valence-electron chi connectivity index (χ2n) is 6.95. The normalized spacial score (nSPS) is 15.4. The predicted octanol–water partition coefficient (Wildman–Crippen LogP) is 4.59. The first-order valence-electron chi connectivity index (χ1n) is 9.08. The van der Waals surface area contributed by atoms with E-state index in [1.807, 2.05) is 62.4 Å². The second kappa shape index (κ2) is 8.17. The molecule has 1 aliphatic rings. The molecular formula is C23H25NO3S. The number of benzene rings is 2. The summed E-state index contributed by atoms with van der Waals surface area (Å²) in [5.41, 5.74) is 4.76. The lowest BCUT2D eigenvalue weighted by Crippen LogP contribution is -2.29. The lowest BCUT2D eigenvalue weighted by Gasteiger charge is -2.17. The third kappa shape index (κ3) is 4.11. The van der Waals surface area contributed by atoms with Gasteiger partial charge in [-0.2, -0.15) is 4.31 Å². The standard InChI is InChI=1S/C23H25NO3S/c1-17(2)22-16-24(28(25,26)21-13-9-18(3)10-14-21)15-20(22)12-11-19-7-5-6-8-23(19)27-4/h5-14H,1,15-16H2,2-4H3/b12-11+. The summed E-state index contributed by atoms with van der Waals surface area (Å²) in [6.45, 7) is 8.54. The van der Waals surface area contributed by atoms with Crippen LogP contribution in [0.3, 0.4) is 0 Å². The zero-order valence-corrected chi connectivity index (χ0v) is 17.3. The summed E-state index contributed by atoms with van der Waals surface area (Å²) in [6.07, 6.45) is 3.92. The average Bonchev–Trinajstić information content (AvgIpc) is 3.12. The summed E-state index contributed by atoms with van der Waals surface area (Å²) < 4.78 is 33.0. The number of rotatable bonds is 6. The topological polar surface area (TPSA) is 46.6 Å². The van der Waals surface area contributed by atoms with Crippen molar-refractivity contribution in [1.82, 2.24) is 4.31 Å². The first-order valence-corrected chi connectivity index (χ1v) is 10.5. The van der Waals surface area contributed by atoms with Gasteiger partial charge in [0.1, 0.15) is 5.75 Å². The Kier molecular flexibility index (Phi) is 5.87. The predicted molar refractivity (Wildman–Crippen MR) is 114 cm³/mol. The summed E-state index contributed by atoms with van der Waals surface area (Å²) in [4.78, 5) is 0.314. The van der Waals surface area contributed by atoms with Gasteiger partial charge in [-0.25, -0.2) is 8.42 Å². The van der Waals surface area contributed by atoms with Crippen LogP contribution in [0, 0.1) is 6.92 Å². The van der Waals surface area contributed by atoms with E-state index in [1.54, 1.807) is 19.2 Å². The number of nitrogens with zero attached hydrogens (tertiary/aromatic N) is 1. The summed E-state index contributed by atoms with van der Waals surface area (Å²) in [5, 5.41) is 0. The Labute approximate surface area is 167 Å². The third-order valence-corrected chi connectivity index (χ3v) is 6.65. The van der Waals surface area contributed by atoms with E-state index in [-0.39, 0.29) is 0 Å². The quantitative estimate of drug-likeness (QED) is 0.718. The number of para-hydroxylation sites is 1. The number of ether oxygens (including phenoxy) is 1. The molecule has 0 fully saturated rings. The molecular weight excluding hydrogens is 370 g/mol. The maximum atomic E-state index is 13.1. The fourth-order valence-electron chi connectivity index (χ4n) is 3.21. The Morgan fingerprint density at radius 1 is 1.07 bits per heavy atom. The van der Waals surface area contributed by atoms with Crippen molar-refractivity contribution in [3.05, 3.63) is 89.0 Å². The highest BCUT2D eigenvalue weighted by Gasteiger charge is 2.31. The van der Waals surface area contributed by atoms with Gasteiger partial charge in [0.05, 0.1) is 12.0 Å². The molecule has 2 aromatic rings. The number of hydrogen-bond donors (Lipinski definition) is 0. The van der Waals surface area contributed by atoms with Crippen molar-refractivity contribution in [3.63, 3.8) is 0 Å². The molecule has 1 heterocycles. The molecule has 0 spiro atoms. The van der Waals surface area contributed by atoms with Crippen LogP contribution in [0.4, 0.5) is 0 Å². The molecule has 0 radical (unpaired) electrons. The molecule has 0 bridgehead atoms. The van der Waals surface area contributed by atoms with E-state index in [0.717, 1.165) is 33.6 Å². The minimum atomic E-state index is -3.56. The monoisotopic (exact) mass is 395 g/mol. The van der Waals surface area contributed by atoms with E-state index in [1.165, 1.54) is 4.31 Å². The number of methoxy groups -OCH3 is 1. The molecule has 2 aromatic carbocycles. The van der Waals surface area contributed by atoms with Gasteiger partial charge in [0.2, 0.25) is 10.0 Å². The summed E-state index contributed by atoms with van der Waals surface area (Å²) in [6, 6.07) is 14.7. The van der Waals surface area contributed by atoms with Gasteiger partial charge in [-0.3, -0.25) is 0 Å². The van der Waals surface area contributed by atoms with Gasteiger partial charge in [-0.15, -0.1) is 0 Å². The fourth-order valence-corrected chi connectivity index (χ4v) is 4.59. The Hall–Kier alpha value is -2.63. The van der Waals surface area contributed by atoms with Crippen molar-refractivity contribution in [3.8, 4) is 5.75 Å². The van der Waals surface area contributed by atoms with Crippen LogP contribution in [-0.2, 0) is 10.0 Å². The molecule has 5 heteroatoms. The molecule has 0 unspecified atom stereocenters. The van der Waals surface area contributed by atoms with E-state index >= 15 is 0 Å². The molecule has 28 heavy (non-hydrogen) atoms. The van der Waals surface area contributed by atoms with Crippen LogP contribution in [0.2, 0.25) is 0 Å². The minimum absolute atomic E-state index is 0.314. The average molecular weight is 396 g/mol. The van der Waals surface area contributed by atoms with Crippen molar-refractivity contribution in [2.45, 2.75) is 18.7 Å². The molecule has 1 aliphatic heterocycles. The van der Waals surface area contributed by atoms with Gasteiger partial charge in [0, 0.05) is 18.7 Å². The molecule has 146 valence electrons. The zero-order valence-electron chi connectivity index (χ0n) is 16.5. The summed E-state index contributed by atoms with van der Waals surface area (Å²) >= 11 is 0. The van der Waals surface area contributed by atoms with Crippen molar-refractivity contribution in [2.24, 2.45) is 0 Å². The molecule has 0 atom stereocenters. The fraction of sp³-hybridized carbons (Fsp3) is 0.217. The van der Waals surface area contributed by atoms with E-state index < -0.39 is 10.0 Å². The van der Waals surface area contributed by atoms with Crippen molar-refractivity contribution >= 4 is 16.1 Å². The molecule has 0 amide bonds. The van der Waals surface area contributed by atoms with Crippen LogP contribution in [0.15, 0.2) is 82.8 Å². The summed E-state index contributed by atoms with van der Waals surface area (Å²) in [7, 11) is -1.92. The molecule has 4 nitrogen and oxygen atoms in total. The van der Waals surface area contributed by atoms with Crippen LogP contribution in [0.25, 0.3) is 6.08 Å². The van der Waals surface area contributed by atoms with Gasteiger partial charge < -0.3 is 4.74 Å². The third-order valence-electron chi connectivity index (χ3n) is 4.85. The molecule has 0 saturated heterocycles. The second-order valence-corrected chi connectivity index (χ2v) is 8.88. The lowest BCUT2D eigenvalue weighted by molar-refractivity contribution is 0.414. The SMILES string of the molecule is C=C(C)C1=C(/C=C/c2ccccc2OC)CN(S(=O)(=O)c2ccc(C)cc2)C1. The smallest absolute Gasteiger partial charge is 0.243 e. The van der Waals surface area contributed by atoms with Gasteiger partial charge in [-0.1, -0.05) is 60.2 Å². The van der Waals surface area contributed by atoms with E-state index in [4.69, 9.17) is 4.74 Å². The zero-order chi connectivity index (χ0) is 20.3. The largest absolute Gasteiger partial charge is 0.496 e. The van der Waals surface area contributed by atoms with Crippen molar-refractivity contribution < 1.29 is 13.2 Å². The molecule has 0 aromatic heterocycles. The van der Waals surface area contributed by atoms with Crippen LogP contribution < -0.4 is 4.74 Å². The first-order chi connectivity index (χ1) is 13.3. The van der Waals surface area contributed by atoms with Gasteiger partial charge in [0.25, 0.3) is 0 Å². The number of aryl methyl sites for hydroxylation is 1. The molecule has 0 aliphatic carbocycles. The highest BCUT2D eigenvalue weighted by molar-refractivity contribution is 7.89. The van der Waals surface area contributed by atoms with Crippen molar-refractivity contribution in [2.75, 3.05) is 20.2 Å². The Morgan fingerprint density at radius 3 is 2.39 bits per heavy atom. The Bertz CT molecular complexity index is 1050. The molecule has 0 saturated carbocycles. The first kappa shape index (κ1) is 20.1. The van der Waals surface area contributed by atoms with Crippen LogP contribution in [-0.4, -0.2) is 32.9 Å². The van der Waals surface area contributed by atoms with Gasteiger partial charge in [-0.05, 0) is 43.2 Å². The van der Waals surface area contributed by atoms with E-state index in [0.29, 0.717) is 18.0 Å². The lowest BCUT2D eigenvalue weighted by atomic mass is 10.0. The van der Waals surface area contributed by atoms with Crippen LogP contribution in [0.5, 0.6) is 5.75 Å². The minimum Gasteiger partial charge on any atom is -0.496 e. The summed E-state index contributed by atoms with van der Waals surface area (Å²) in [5.74, 6) is 0.776. The maximum absolute atomic E-state index is 13.1.